The molecule has 0 saturated carbocycles. The number of amides is 5. The van der Waals surface area contributed by atoms with Gasteiger partial charge < -0.3 is 19.9 Å². The van der Waals surface area contributed by atoms with Crippen LogP contribution in [0.2, 0.25) is 5.02 Å². The van der Waals surface area contributed by atoms with Crippen molar-refractivity contribution in [2.75, 3.05) is 42.9 Å². The number of imide groups is 2. The number of unbranched alkanes of at least 4 members (excludes halogenated alkanes) is 1. The zero-order chi connectivity index (χ0) is 58.9. The standard InChI is InChI=1S/C60H57ClN12O10S/c1-60(2)22-20-40(48(32-60)37-10-12-41(61)13-11-37)35-69-25-27-70(28-26-69)43-14-16-46(52(30-43)83-44-29-39-21-23-62-55(39)64-34-44)56(75)67-84(81,82)45-15-17-49(51(31-45)73(79)80)63-33-42-36-71(68-66-42)24-5-3-4-7-38-8-6-9-47-54(38)59(78)72(58(47)77)50-18-19-53(74)65-57(50)76/h6,8-17,21,23,29-31,34,36,50,63H,3,5,18-20,22,24-28,32-33,35H2,1-2H3,(H,62,64)(H,67,75)(H,65,74,76). The average Bonchev–Trinajstić information content (AvgIpc) is 3.23. The number of pyridine rings is 1. The van der Waals surface area contributed by atoms with Crippen molar-refractivity contribution in [3.8, 4) is 23.3 Å². The summed E-state index contributed by atoms with van der Waals surface area (Å²) in [5.74, 6) is 2.91. The number of hydrogen-bond acceptors (Lipinski definition) is 16. The number of nitro groups is 1. The molecule has 430 valence electrons. The Kier molecular flexibility index (Phi) is 15.9. The first-order valence-electron chi connectivity index (χ1n) is 27.4. The first-order valence-corrected chi connectivity index (χ1v) is 29.2. The average molecular weight is 1170 g/mol. The Morgan fingerprint density at radius 1 is 0.964 bits per heavy atom. The van der Waals surface area contributed by atoms with Gasteiger partial charge in [-0.25, -0.2) is 18.1 Å². The van der Waals surface area contributed by atoms with Gasteiger partial charge in [-0.1, -0.05) is 66.3 Å². The second-order valence-electron chi connectivity index (χ2n) is 21.8. The summed E-state index contributed by atoms with van der Waals surface area (Å²) in [5.41, 5.74) is 5.92. The van der Waals surface area contributed by atoms with E-state index in [-0.39, 0.29) is 52.9 Å². The van der Waals surface area contributed by atoms with E-state index in [0.29, 0.717) is 60.2 Å². The van der Waals surface area contributed by atoms with Crippen LogP contribution in [0.1, 0.15) is 107 Å². The summed E-state index contributed by atoms with van der Waals surface area (Å²) in [7, 11) is -4.70. The quantitative estimate of drug-likeness (QED) is 0.0219. The van der Waals surface area contributed by atoms with Crippen LogP contribution in [0.15, 0.2) is 120 Å². The molecule has 84 heavy (non-hydrogen) atoms. The highest BCUT2D eigenvalue weighted by atomic mass is 35.5. The molecule has 24 heteroatoms. The molecule has 0 spiro atoms. The minimum absolute atomic E-state index is 0.00542. The number of anilines is 2. The molecule has 4 N–H and O–H groups in total. The van der Waals surface area contributed by atoms with Gasteiger partial charge in [0.2, 0.25) is 11.8 Å². The summed E-state index contributed by atoms with van der Waals surface area (Å²) in [5, 5.41) is 27.3. The molecule has 4 aromatic carbocycles. The number of sulfonamides is 1. The molecule has 2 fully saturated rings. The van der Waals surface area contributed by atoms with Crippen LogP contribution in [-0.2, 0) is 32.7 Å². The fourth-order valence-electron chi connectivity index (χ4n) is 11.0. The molecule has 22 nitrogen and oxygen atoms in total. The number of nitrogens with one attached hydrogen (secondary N) is 4. The molecule has 4 aliphatic rings. The van der Waals surface area contributed by atoms with Crippen molar-refractivity contribution >= 4 is 84.8 Å². The van der Waals surface area contributed by atoms with Gasteiger partial charge in [0.1, 0.15) is 34.6 Å². The highest BCUT2D eigenvalue weighted by Gasteiger charge is 2.45. The van der Waals surface area contributed by atoms with Gasteiger partial charge in [0.15, 0.2) is 0 Å². The number of aromatic amines is 1. The number of H-pyrrole nitrogens is 1. The predicted molar refractivity (Wildman–Crippen MR) is 312 cm³/mol. The molecule has 7 aromatic rings. The van der Waals surface area contributed by atoms with Crippen molar-refractivity contribution in [2.24, 2.45) is 5.41 Å². The second kappa shape index (κ2) is 23.6. The Hall–Kier alpha value is -9.24. The van der Waals surface area contributed by atoms with Gasteiger partial charge in [-0.15, -0.1) is 5.10 Å². The fourth-order valence-corrected chi connectivity index (χ4v) is 12.1. The molecule has 1 aliphatic carbocycles. The number of benzene rings is 4. The van der Waals surface area contributed by atoms with E-state index in [0.717, 1.165) is 67.0 Å². The lowest BCUT2D eigenvalue weighted by Crippen LogP contribution is -2.54. The van der Waals surface area contributed by atoms with Gasteiger partial charge in [0.25, 0.3) is 33.4 Å². The maximum atomic E-state index is 14.1. The van der Waals surface area contributed by atoms with E-state index in [1.807, 2.05) is 18.2 Å². The van der Waals surface area contributed by atoms with Crippen LogP contribution >= 0.6 is 11.6 Å². The van der Waals surface area contributed by atoms with Gasteiger partial charge in [-0.2, -0.15) is 0 Å². The number of hydrogen-bond donors (Lipinski definition) is 4. The summed E-state index contributed by atoms with van der Waals surface area (Å²) < 4.78 is 37.9. The predicted octanol–water partition coefficient (Wildman–Crippen LogP) is 8.26. The van der Waals surface area contributed by atoms with Gasteiger partial charge in [-0.3, -0.25) is 53.9 Å². The normalized spacial score (nSPS) is 17.2. The molecule has 1 atom stereocenters. The third kappa shape index (κ3) is 12.3. The Labute approximate surface area is 487 Å². The number of halogens is 1. The minimum atomic E-state index is -4.70. The van der Waals surface area contributed by atoms with Crippen molar-refractivity contribution in [3.63, 3.8) is 0 Å². The maximum absolute atomic E-state index is 14.1. The molecule has 0 radical (unpaired) electrons. The number of carbonyl (C=O) groups is 5. The number of piperidine rings is 1. The molecule has 11 rings (SSSR count). The van der Waals surface area contributed by atoms with E-state index in [2.05, 4.69) is 83.3 Å². The summed E-state index contributed by atoms with van der Waals surface area (Å²) in [6, 6.07) is 23.5. The van der Waals surface area contributed by atoms with E-state index in [4.69, 9.17) is 16.3 Å². The molecule has 1 unspecified atom stereocenters. The first kappa shape index (κ1) is 56.6. The van der Waals surface area contributed by atoms with Crippen LogP contribution in [0.5, 0.6) is 11.5 Å². The number of ether oxygens (including phenoxy) is 1. The van der Waals surface area contributed by atoms with Crippen LogP contribution in [0.3, 0.4) is 0 Å². The number of nitrogens with zero attached hydrogens (tertiary/aromatic N) is 8. The van der Waals surface area contributed by atoms with Crippen LogP contribution in [0.4, 0.5) is 17.1 Å². The van der Waals surface area contributed by atoms with E-state index in [9.17, 15) is 42.5 Å². The number of fused-ring (bicyclic) bond motifs is 2. The van der Waals surface area contributed by atoms with Gasteiger partial charge >= 0.3 is 0 Å². The van der Waals surface area contributed by atoms with Crippen molar-refractivity contribution < 1.29 is 42.1 Å². The van der Waals surface area contributed by atoms with Crippen molar-refractivity contribution in [3.05, 3.63) is 164 Å². The van der Waals surface area contributed by atoms with Gasteiger partial charge in [-0.05, 0) is 109 Å². The summed E-state index contributed by atoms with van der Waals surface area (Å²) in [6.45, 7) is 8.77. The SMILES string of the molecule is CC1(C)CCC(CN2CCN(c3ccc(C(=O)NS(=O)(=O)c4ccc(NCc5cn(CCCC#Cc6cccc7c6C(=O)N(C6CCC(=O)NC6=O)C7=O)nn5)c([N+](=O)[O-])c4)c(Oc4cnc5[nH]ccc5c4)c3)CC2)=C(c2ccc(Cl)cc2)C1. The zero-order valence-electron chi connectivity index (χ0n) is 45.8. The number of carbonyl (C=O) groups excluding carboxylic acids is 5. The highest BCUT2D eigenvalue weighted by molar-refractivity contribution is 7.90. The van der Waals surface area contributed by atoms with Gasteiger partial charge in [0, 0.05) is 92.1 Å². The number of aromatic nitrogens is 5. The second-order valence-corrected chi connectivity index (χ2v) is 24.0. The summed E-state index contributed by atoms with van der Waals surface area (Å²) in [6.07, 6.45) is 8.90. The van der Waals surface area contributed by atoms with Crippen LogP contribution in [0, 0.1) is 27.4 Å². The summed E-state index contributed by atoms with van der Waals surface area (Å²) in [4.78, 5) is 89.1. The third-order valence-electron chi connectivity index (χ3n) is 15.5. The van der Waals surface area contributed by atoms with Crippen molar-refractivity contribution in [2.45, 2.75) is 82.8 Å². The lowest BCUT2D eigenvalue weighted by molar-refractivity contribution is -0.384. The number of nitro benzene ring substituents is 1. The molecular weight excluding hydrogens is 1120 g/mol. The largest absolute Gasteiger partial charge is 0.455 e. The Morgan fingerprint density at radius 2 is 1.77 bits per heavy atom. The number of rotatable bonds is 17. The lowest BCUT2D eigenvalue weighted by Gasteiger charge is -2.39. The van der Waals surface area contributed by atoms with E-state index < -0.39 is 61.1 Å². The van der Waals surface area contributed by atoms with Crippen LogP contribution in [-0.4, -0.2) is 116 Å². The molecule has 6 heterocycles. The zero-order valence-corrected chi connectivity index (χ0v) is 47.4. The van der Waals surface area contributed by atoms with E-state index >= 15 is 0 Å². The van der Waals surface area contributed by atoms with Crippen LogP contribution < -0.4 is 25.0 Å². The molecule has 5 amide bonds. The fraction of sp³-hybridized carbons (Fsp3) is 0.300. The molecule has 2 saturated heterocycles. The Bertz CT molecular complexity index is 4030. The highest BCUT2D eigenvalue weighted by Crippen LogP contribution is 2.44. The Morgan fingerprint density at radius 3 is 2.56 bits per heavy atom. The van der Waals surface area contributed by atoms with Gasteiger partial charge in [0.05, 0.1) is 45.4 Å². The van der Waals surface area contributed by atoms with Crippen LogP contribution in [0.25, 0.3) is 16.6 Å². The number of piperazine rings is 1. The van der Waals surface area contributed by atoms with E-state index in [1.165, 1.54) is 41.1 Å². The minimum Gasteiger partial charge on any atom is -0.455 e. The maximum Gasteiger partial charge on any atom is 0.293 e. The lowest BCUT2D eigenvalue weighted by atomic mass is 9.72. The van der Waals surface area contributed by atoms with Crippen molar-refractivity contribution in [1.29, 1.82) is 0 Å². The number of aryl methyl sites for hydroxylation is 1. The van der Waals surface area contributed by atoms with Crippen molar-refractivity contribution in [1.82, 2.24) is 44.8 Å². The number of allylic oxidation sites excluding steroid dienone is 1. The first-order chi connectivity index (χ1) is 40.4. The summed E-state index contributed by atoms with van der Waals surface area (Å²) >= 11 is 6.26. The molecular formula is C60H57ClN12O10S. The Balaban J connectivity index is 0.723. The molecule has 3 aliphatic heterocycles. The third-order valence-corrected chi connectivity index (χ3v) is 17.1. The molecule has 3 aromatic heterocycles. The molecule has 0 bridgehead atoms. The van der Waals surface area contributed by atoms with E-state index in [1.54, 1.807) is 47.4 Å². The smallest absolute Gasteiger partial charge is 0.293 e. The topological polar surface area (TPSA) is 277 Å². The monoisotopic (exact) mass is 1170 g/mol.